The predicted molar refractivity (Wildman–Crippen MR) is 77.5 cm³/mol. The van der Waals surface area contributed by atoms with Gasteiger partial charge in [-0.2, -0.15) is 0 Å². The summed E-state index contributed by atoms with van der Waals surface area (Å²) in [6.45, 7) is 3.37. The molecule has 0 atom stereocenters. The van der Waals surface area contributed by atoms with Crippen LogP contribution in [0.4, 0.5) is 0 Å². The molecule has 2 N–H and O–H groups in total. The number of sulfonamides is 1. The molecule has 0 fully saturated rings. The van der Waals surface area contributed by atoms with Crippen molar-refractivity contribution < 1.29 is 8.42 Å². The Balaban J connectivity index is 2.37. The molecule has 0 spiro atoms. The molecule has 1 aromatic rings. The maximum atomic E-state index is 11.8. The average molecular weight is 290 g/mol. The lowest BCUT2D eigenvalue weighted by Crippen LogP contribution is -2.26. The maximum Gasteiger partial charge on any atom is 0.211 e. The molecule has 0 aromatic carbocycles. The summed E-state index contributed by atoms with van der Waals surface area (Å²) >= 11 is 1.61. The van der Waals surface area contributed by atoms with Crippen molar-refractivity contribution in [2.75, 3.05) is 19.3 Å². The van der Waals surface area contributed by atoms with E-state index in [2.05, 4.69) is 23.0 Å². The molecule has 0 saturated carbocycles. The van der Waals surface area contributed by atoms with Crippen LogP contribution in [-0.2, 0) is 23.0 Å². The Morgan fingerprint density at radius 3 is 2.78 bits per heavy atom. The second-order valence-corrected chi connectivity index (χ2v) is 7.10. The highest BCUT2D eigenvalue weighted by Crippen LogP contribution is 2.17. The van der Waals surface area contributed by atoms with Gasteiger partial charge < -0.3 is 5.32 Å². The van der Waals surface area contributed by atoms with Crippen LogP contribution in [0.5, 0.6) is 0 Å². The van der Waals surface area contributed by atoms with Crippen LogP contribution in [0.3, 0.4) is 0 Å². The van der Waals surface area contributed by atoms with E-state index in [9.17, 15) is 8.42 Å². The largest absolute Gasteiger partial charge is 0.320 e. The third kappa shape index (κ3) is 5.48. The minimum atomic E-state index is -3.13. The smallest absolute Gasteiger partial charge is 0.211 e. The zero-order valence-electron chi connectivity index (χ0n) is 11.0. The standard InChI is InChI=1S/C12H22N2O2S2/c1-3-11-6-8-17-12(11)10-14-18(15,16)9-5-4-7-13-2/h6,8,13-14H,3-5,7,9-10H2,1-2H3. The van der Waals surface area contributed by atoms with Gasteiger partial charge in [-0.15, -0.1) is 11.3 Å². The number of unbranched alkanes of at least 4 members (excludes halogenated alkanes) is 1. The van der Waals surface area contributed by atoms with Gasteiger partial charge in [0.05, 0.1) is 5.75 Å². The summed E-state index contributed by atoms with van der Waals surface area (Å²) in [5.41, 5.74) is 1.23. The molecular weight excluding hydrogens is 268 g/mol. The third-order valence-electron chi connectivity index (χ3n) is 2.76. The Kier molecular flexibility index (Phi) is 6.85. The van der Waals surface area contributed by atoms with E-state index >= 15 is 0 Å². The predicted octanol–water partition coefficient (Wildman–Crippen LogP) is 1.73. The van der Waals surface area contributed by atoms with Crippen LogP contribution in [0.2, 0.25) is 0 Å². The number of nitrogens with one attached hydrogen (secondary N) is 2. The summed E-state index contributed by atoms with van der Waals surface area (Å²) < 4.78 is 26.2. The molecule has 4 nitrogen and oxygen atoms in total. The van der Waals surface area contributed by atoms with E-state index in [0.29, 0.717) is 13.0 Å². The summed E-state index contributed by atoms with van der Waals surface area (Å²) in [4.78, 5) is 1.12. The van der Waals surface area contributed by atoms with Gasteiger partial charge in [0, 0.05) is 11.4 Å². The van der Waals surface area contributed by atoms with Crippen LogP contribution < -0.4 is 10.0 Å². The zero-order valence-corrected chi connectivity index (χ0v) is 12.7. The molecule has 1 heterocycles. The van der Waals surface area contributed by atoms with Gasteiger partial charge in [0.1, 0.15) is 0 Å². The number of hydrogen-bond acceptors (Lipinski definition) is 4. The highest BCUT2D eigenvalue weighted by atomic mass is 32.2. The van der Waals surface area contributed by atoms with Gasteiger partial charge in [0.2, 0.25) is 10.0 Å². The molecule has 104 valence electrons. The molecule has 1 aromatic heterocycles. The van der Waals surface area contributed by atoms with Crippen molar-refractivity contribution in [3.63, 3.8) is 0 Å². The quantitative estimate of drug-likeness (QED) is 0.681. The summed E-state index contributed by atoms with van der Waals surface area (Å²) in [6, 6.07) is 2.06. The molecule has 1 rings (SSSR count). The van der Waals surface area contributed by atoms with Crippen molar-refractivity contribution >= 4 is 21.4 Å². The zero-order chi connectivity index (χ0) is 13.4. The number of hydrogen-bond donors (Lipinski definition) is 2. The maximum absolute atomic E-state index is 11.8. The van der Waals surface area contributed by atoms with E-state index in [-0.39, 0.29) is 5.75 Å². The van der Waals surface area contributed by atoms with Crippen LogP contribution in [-0.4, -0.2) is 27.8 Å². The molecule has 0 amide bonds. The Labute approximate surface area is 114 Å². The Hall–Kier alpha value is -0.430. The van der Waals surface area contributed by atoms with Gasteiger partial charge in [-0.3, -0.25) is 0 Å². The fourth-order valence-corrected chi connectivity index (χ4v) is 3.78. The van der Waals surface area contributed by atoms with Gasteiger partial charge >= 0.3 is 0 Å². The van der Waals surface area contributed by atoms with E-state index < -0.39 is 10.0 Å². The first-order chi connectivity index (χ1) is 8.59. The number of thiophene rings is 1. The van der Waals surface area contributed by atoms with Crippen molar-refractivity contribution in [1.82, 2.24) is 10.0 Å². The monoisotopic (exact) mass is 290 g/mol. The highest BCUT2D eigenvalue weighted by molar-refractivity contribution is 7.89. The lowest BCUT2D eigenvalue weighted by atomic mass is 10.2. The van der Waals surface area contributed by atoms with Crippen molar-refractivity contribution in [2.45, 2.75) is 32.7 Å². The van der Waals surface area contributed by atoms with Gasteiger partial charge in [0.25, 0.3) is 0 Å². The van der Waals surface area contributed by atoms with Crippen molar-refractivity contribution in [2.24, 2.45) is 0 Å². The Morgan fingerprint density at radius 1 is 1.33 bits per heavy atom. The fraction of sp³-hybridized carbons (Fsp3) is 0.667. The average Bonchev–Trinajstić information content (AvgIpc) is 2.80. The molecule has 0 aliphatic carbocycles. The molecule has 0 aliphatic rings. The second-order valence-electron chi connectivity index (χ2n) is 4.17. The first-order valence-corrected chi connectivity index (χ1v) is 8.79. The minimum Gasteiger partial charge on any atom is -0.320 e. The van der Waals surface area contributed by atoms with Crippen molar-refractivity contribution in [3.8, 4) is 0 Å². The molecule has 0 aliphatic heterocycles. The SMILES string of the molecule is CCc1ccsc1CNS(=O)(=O)CCCCNC. The van der Waals surface area contributed by atoms with E-state index in [4.69, 9.17) is 0 Å². The second kappa shape index (κ2) is 7.89. The van der Waals surface area contributed by atoms with Crippen LogP contribution in [0.25, 0.3) is 0 Å². The molecule has 18 heavy (non-hydrogen) atoms. The number of aryl methyl sites for hydroxylation is 1. The first kappa shape index (κ1) is 15.6. The van der Waals surface area contributed by atoms with Crippen LogP contribution in [0.1, 0.15) is 30.2 Å². The molecule has 0 radical (unpaired) electrons. The minimum absolute atomic E-state index is 0.210. The molecular formula is C12H22N2O2S2. The Bertz CT molecular complexity index is 441. The van der Waals surface area contributed by atoms with E-state index in [1.807, 2.05) is 12.4 Å². The molecule has 0 unspecified atom stereocenters. The summed E-state index contributed by atoms with van der Waals surface area (Å²) in [7, 11) is -1.26. The van der Waals surface area contributed by atoms with Gasteiger partial charge in [-0.1, -0.05) is 6.92 Å². The molecule has 0 bridgehead atoms. The summed E-state index contributed by atoms with van der Waals surface area (Å²) in [5.74, 6) is 0.210. The molecule has 0 saturated heterocycles. The van der Waals surface area contributed by atoms with Crippen LogP contribution >= 0.6 is 11.3 Å². The van der Waals surface area contributed by atoms with Gasteiger partial charge in [0.15, 0.2) is 0 Å². The summed E-state index contributed by atoms with van der Waals surface area (Å²) in [6.07, 6.45) is 2.53. The van der Waals surface area contributed by atoms with Gasteiger partial charge in [-0.25, -0.2) is 13.1 Å². The first-order valence-electron chi connectivity index (χ1n) is 6.26. The van der Waals surface area contributed by atoms with E-state index in [1.54, 1.807) is 11.3 Å². The van der Waals surface area contributed by atoms with Crippen molar-refractivity contribution in [3.05, 3.63) is 21.9 Å². The molecule has 6 heteroatoms. The lowest BCUT2D eigenvalue weighted by Gasteiger charge is -2.06. The van der Waals surface area contributed by atoms with E-state index in [1.165, 1.54) is 5.56 Å². The third-order valence-corrected chi connectivity index (χ3v) is 5.13. The van der Waals surface area contributed by atoms with Crippen LogP contribution in [0, 0.1) is 0 Å². The van der Waals surface area contributed by atoms with Gasteiger partial charge in [-0.05, 0) is 49.9 Å². The summed E-state index contributed by atoms with van der Waals surface area (Å²) in [5, 5.41) is 5.02. The van der Waals surface area contributed by atoms with Crippen LogP contribution in [0.15, 0.2) is 11.4 Å². The fourth-order valence-electron chi connectivity index (χ4n) is 1.68. The van der Waals surface area contributed by atoms with E-state index in [0.717, 1.165) is 24.3 Å². The Morgan fingerprint density at radius 2 is 2.11 bits per heavy atom. The number of rotatable bonds is 9. The highest BCUT2D eigenvalue weighted by Gasteiger charge is 2.11. The topological polar surface area (TPSA) is 58.2 Å². The lowest BCUT2D eigenvalue weighted by molar-refractivity contribution is 0.576. The normalized spacial score (nSPS) is 11.9. The van der Waals surface area contributed by atoms with Crippen molar-refractivity contribution in [1.29, 1.82) is 0 Å².